The Hall–Kier alpha value is -2.27. The number of nitrogens with zero attached hydrogens (tertiary/aromatic N) is 3. The van der Waals surface area contributed by atoms with E-state index >= 15 is 0 Å². The summed E-state index contributed by atoms with van der Waals surface area (Å²) in [5, 5.41) is 0. The fourth-order valence-corrected chi connectivity index (χ4v) is 4.43. The third kappa shape index (κ3) is 2.82. The lowest BCUT2D eigenvalue weighted by Crippen LogP contribution is -2.47. The number of ether oxygens (including phenoxy) is 1. The molecule has 1 atom stereocenters. The van der Waals surface area contributed by atoms with E-state index in [4.69, 9.17) is 4.74 Å². The molecule has 1 unspecified atom stereocenters. The predicted octanol–water partition coefficient (Wildman–Crippen LogP) is 3.13. The lowest BCUT2D eigenvalue weighted by Gasteiger charge is -2.46. The van der Waals surface area contributed by atoms with Crippen molar-refractivity contribution < 1.29 is 9.53 Å². The number of hydrogen-bond donors (Lipinski definition) is 0. The van der Waals surface area contributed by atoms with E-state index in [1.807, 2.05) is 4.90 Å². The summed E-state index contributed by atoms with van der Waals surface area (Å²) in [4.78, 5) is 22.7. The van der Waals surface area contributed by atoms with Crippen LogP contribution in [0.2, 0.25) is 0 Å². The van der Waals surface area contributed by atoms with Gasteiger partial charge in [-0.2, -0.15) is 0 Å². The molecule has 1 amide bonds. The van der Waals surface area contributed by atoms with Gasteiger partial charge in [0.1, 0.15) is 5.69 Å². The van der Waals surface area contributed by atoms with Crippen LogP contribution in [0.25, 0.3) is 0 Å². The van der Waals surface area contributed by atoms with Crippen molar-refractivity contribution in [2.24, 2.45) is 0 Å². The number of methoxy groups -OCH3 is 1. The van der Waals surface area contributed by atoms with Gasteiger partial charge in [0, 0.05) is 32.6 Å². The van der Waals surface area contributed by atoms with Crippen molar-refractivity contribution in [3.8, 4) is 0 Å². The number of amides is 1. The first-order valence-electron chi connectivity index (χ1n) is 8.91. The van der Waals surface area contributed by atoms with Gasteiger partial charge in [-0.05, 0) is 42.2 Å². The molecule has 5 heteroatoms. The zero-order chi connectivity index (χ0) is 17.3. The SMILES string of the molecule is COC1CCC2(CCN(C(=O)c3cnccn3)CC2)c2ccccc21. The first-order chi connectivity index (χ1) is 12.2. The Morgan fingerprint density at radius 3 is 2.72 bits per heavy atom. The van der Waals surface area contributed by atoms with Gasteiger partial charge < -0.3 is 9.64 Å². The van der Waals surface area contributed by atoms with Crippen molar-refractivity contribution in [3.63, 3.8) is 0 Å². The third-order valence-electron chi connectivity index (χ3n) is 5.84. The van der Waals surface area contributed by atoms with Crippen molar-refractivity contribution in [2.75, 3.05) is 20.2 Å². The largest absolute Gasteiger partial charge is 0.377 e. The van der Waals surface area contributed by atoms with Crippen LogP contribution in [0.4, 0.5) is 0 Å². The summed E-state index contributed by atoms with van der Waals surface area (Å²) in [6, 6.07) is 8.66. The molecular formula is C20H23N3O2. The molecule has 0 N–H and O–H groups in total. The second kappa shape index (κ2) is 6.56. The van der Waals surface area contributed by atoms with Crippen molar-refractivity contribution in [1.29, 1.82) is 0 Å². The number of hydrogen-bond acceptors (Lipinski definition) is 4. The fraction of sp³-hybridized carbons (Fsp3) is 0.450. The van der Waals surface area contributed by atoms with E-state index in [0.717, 1.165) is 38.8 Å². The summed E-state index contributed by atoms with van der Waals surface area (Å²) in [5.41, 5.74) is 3.34. The number of aromatic nitrogens is 2. The summed E-state index contributed by atoms with van der Waals surface area (Å²) in [7, 11) is 1.79. The van der Waals surface area contributed by atoms with Crippen LogP contribution in [0.5, 0.6) is 0 Å². The molecule has 5 nitrogen and oxygen atoms in total. The molecule has 1 spiro atoms. The standard InChI is InChI=1S/C20H23N3O2/c1-25-18-6-7-20(16-5-3-2-4-15(16)18)8-12-23(13-9-20)19(24)17-14-21-10-11-22-17/h2-5,10-11,14,18H,6-9,12-13H2,1H3. The van der Waals surface area contributed by atoms with E-state index in [0.29, 0.717) is 5.69 Å². The molecule has 1 saturated heterocycles. The minimum atomic E-state index is -0.0122. The molecule has 0 radical (unpaired) electrons. The molecule has 2 heterocycles. The first kappa shape index (κ1) is 16.2. The minimum Gasteiger partial charge on any atom is -0.377 e. The molecule has 1 aliphatic carbocycles. The Morgan fingerprint density at radius 1 is 1.20 bits per heavy atom. The summed E-state index contributed by atoms with van der Waals surface area (Å²) >= 11 is 0. The van der Waals surface area contributed by atoms with Crippen LogP contribution in [0, 0.1) is 0 Å². The lowest BCUT2D eigenvalue weighted by atomic mass is 9.64. The summed E-state index contributed by atoms with van der Waals surface area (Å²) < 4.78 is 5.69. The Morgan fingerprint density at radius 2 is 2.00 bits per heavy atom. The van der Waals surface area contributed by atoms with Crippen molar-refractivity contribution in [3.05, 3.63) is 59.7 Å². The van der Waals surface area contributed by atoms with Crippen LogP contribution in [0.1, 0.15) is 53.4 Å². The van der Waals surface area contributed by atoms with E-state index in [2.05, 4.69) is 34.2 Å². The molecule has 2 aliphatic rings. The van der Waals surface area contributed by atoms with Gasteiger partial charge in [0.2, 0.25) is 0 Å². The molecule has 0 bridgehead atoms. The maximum Gasteiger partial charge on any atom is 0.274 e. The van der Waals surface area contributed by atoms with Crippen molar-refractivity contribution >= 4 is 5.91 Å². The Kier molecular flexibility index (Phi) is 4.25. The fourth-order valence-electron chi connectivity index (χ4n) is 4.43. The highest BCUT2D eigenvalue weighted by atomic mass is 16.5. The van der Waals surface area contributed by atoms with Crippen molar-refractivity contribution in [2.45, 2.75) is 37.2 Å². The van der Waals surface area contributed by atoms with Gasteiger partial charge in [0.15, 0.2) is 0 Å². The molecule has 25 heavy (non-hydrogen) atoms. The number of carbonyl (C=O) groups excluding carboxylic acids is 1. The van der Waals surface area contributed by atoms with Crippen LogP contribution in [-0.4, -0.2) is 41.0 Å². The molecule has 4 rings (SSSR count). The first-order valence-corrected chi connectivity index (χ1v) is 8.91. The summed E-state index contributed by atoms with van der Waals surface area (Å²) in [6.07, 6.45) is 9.06. The van der Waals surface area contributed by atoms with Crippen LogP contribution in [0.15, 0.2) is 42.9 Å². The average Bonchev–Trinajstić information content (AvgIpc) is 2.69. The Bertz CT molecular complexity index is 755. The van der Waals surface area contributed by atoms with Crippen LogP contribution in [-0.2, 0) is 10.2 Å². The summed E-state index contributed by atoms with van der Waals surface area (Å²) in [6.45, 7) is 1.53. The van der Waals surface area contributed by atoms with E-state index < -0.39 is 0 Å². The second-order valence-corrected chi connectivity index (χ2v) is 7.01. The summed E-state index contributed by atoms with van der Waals surface area (Å²) in [5.74, 6) is -0.0122. The number of fused-ring (bicyclic) bond motifs is 2. The van der Waals surface area contributed by atoms with Crippen LogP contribution in [0.3, 0.4) is 0 Å². The zero-order valence-electron chi connectivity index (χ0n) is 14.5. The maximum absolute atomic E-state index is 12.6. The normalized spacial score (nSPS) is 21.8. The molecule has 1 aliphatic heterocycles. The number of benzene rings is 1. The van der Waals surface area contributed by atoms with E-state index in [-0.39, 0.29) is 17.4 Å². The Balaban J connectivity index is 1.54. The number of likely N-dealkylation sites (tertiary alicyclic amines) is 1. The topological polar surface area (TPSA) is 55.3 Å². The number of rotatable bonds is 2. The second-order valence-electron chi connectivity index (χ2n) is 7.01. The molecular weight excluding hydrogens is 314 g/mol. The van der Waals surface area contributed by atoms with Gasteiger partial charge in [-0.25, -0.2) is 4.98 Å². The van der Waals surface area contributed by atoms with Crippen LogP contribution >= 0.6 is 0 Å². The maximum atomic E-state index is 12.6. The molecule has 2 aromatic rings. The third-order valence-corrected chi connectivity index (χ3v) is 5.84. The van der Waals surface area contributed by atoms with Gasteiger partial charge in [-0.15, -0.1) is 0 Å². The van der Waals surface area contributed by atoms with Crippen molar-refractivity contribution in [1.82, 2.24) is 14.9 Å². The number of piperidine rings is 1. The highest BCUT2D eigenvalue weighted by molar-refractivity contribution is 5.92. The quantitative estimate of drug-likeness (QED) is 0.845. The van der Waals surface area contributed by atoms with Crippen LogP contribution < -0.4 is 0 Å². The van der Waals surface area contributed by atoms with Gasteiger partial charge in [-0.1, -0.05) is 24.3 Å². The number of carbonyl (C=O) groups is 1. The molecule has 1 aromatic heterocycles. The van der Waals surface area contributed by atoms with Gasteiger partial charge in [0.05, 0.1) is 12.3 Å². The smallest absolute Gasteiger partial charge is 0.274 e. The van der Waals surface area contributed by atoms with Gasteiger partial charge in [0.25, 0.3) is 5.91 Å². The van der Waals surface area contributed by atoms with Gasteiger partial charge >= 0.3 is 0 Å². The zero-order valence-corrected chi connectivity index (χ0v) is 14.5. The lowest BCUT2D eigenvalue weighted by molar-refractivity contribution is 0.0498. The van der Waals surface area contributed by atoms with E-state index in [9.17, 15) is 4.79 Å². The molecule has 130 valence electrons. The molecule has 0 saturated carbocycles. The molecule has 1 aromatic carbocycles. The van der Waals surface area contributed by atoms with Gasteiger partial charge in [-0.3, -0.25) is 9.78 Å². The average molecular weight is 337 g/mol. The highest BCUT2D eigenvalue weighted by Gasteiger charge is 2.42. The van der Waals surface area contributed by atoms with E-state index in [1.165, 1.54) is 11.1 Å². The highest BCUT2D eigenvalue weighted by Crippen LogP contribution is 2.48. The predicted molar refractivity (Wildman–Crippen MR) is 94.3 cm³/mol. The molecule has 1 fully saturated rings. The van der Waals surface area contributed by atoms with E-state index in [1.54, 1.807) is 25.7 Å². The minimum absolute atomic E-state index is 0.0122. The Labute approximate surface area is 148 Å². The monoisotopic (exact) mass is 337 g/mol.